The Kier molecular flexibility index (Phi) is 3.69. The van der Waals surface area contributed by atoms with E-state index in [1.165, 1.54) is 5.56 Å². The number of ether oxygens (including phenoxy) is 1. The van der Waals surface area contributed by atoms with Gasteiger partial charge < -0.3 is 4.74 Å². The number of carbonyl (C=O) groups excluding carboxylic acids is 1. The Morgan fingerprint density at radius 2 is 2.00 bits per heavy atom. The van der Waals surface area contributed by atoms with E-state index in [9.17, 15) is 4.79 Å². The van der Waals surface area contributed by atoms with Crippen molar-refractivity contribution in [2.75, 3.05) is 13.7 Å². The van der Waals surface area contributed by atoms with Gasteiger partial charge in [0.15, 0.2) is 6.54 Å². The number of rotatable bonds is 3. The fourth-order valence-corrected chi connectivity index (χ4v) is 2.40. The van der Waals surface area contributed by atoms with Gasteiger partial charge in [-0.2, -0.15) is 0 Å². The number of hydrazine groups is 1. The molecule has 0 aromatic heterocycles. The Hall–Kier alpha value is -2.62. The molecule has 4 nitrogen and oxygen atoms in total. The number of nitrogens with one attached hydrogen (secondary N) is 1. The zero-order valence-corrected chi connectivity index (χ0v) is 11.9. The highest BCUT2D eigenvalue weighted by Crippen LogP contribution is 2.18. The average Bonchev–Trinajstić information content (AvgIpc) is 2.55. The molecule has 21 heavy (non-hydrogen) atoms. The molecule has 106 valence electrons. The lowest BCUT2D eigenvalue weighted by molar-refractivity contribution is -0.568. The van der Waals surface area contributed by atoms with E-state index in [0.29, 0.717) is 5.56 Å². The van der Waals surface area contributed by atoms with E-state index in [2.05, 4.69) is 5.43 Å². The quantitative estimate of drug-likeness (QED) is 0.875. The van der Waals surface area contributed by atoms with Crippen LogP contribution in [0.1, 0.15) is 21.5 Å². The number of amides is 1. The van der Waals surface area contributed by atoms with Gasteiger partial charge >= 0.3 is 5.91 Å². The molecule has 0 bridgehead atoms. The number of methoxy groups -OCH3 is 1. The SMILES string of the molecule is COc1ccc2c(c1)CC[N+](NC(=O)c1ccccc1)=C2. The number of benzene rings is 2. The van der Waals surface area contributed by atoms with E-state index < -0.39 is 0 Å². The second-order valence-electron chi connectivity index (χ2n) is 4.94. The Morgan fingerprint density at radius 1 is 1.19 bits per heavy atom. The lowest BCUT2D eigenvalue weighted by atomic mass is 10.0. The van der Waals surface area contributed by atoms with E-state index in [-0.39, 0.29) is 5.91 Å². The van der Waals surface area contributed by atoms with Gasteiger partial charge in [-0.25, -0.2) is 0 Å². The molecule has 1 aliphatic rings. The van der Waals surface area contributed by atoms with Crippen LogP contribution in [-0.2, 0) is 6.42 Å². The highest BCUT2D eigenvalue weighted by Gasteiger charge is 2.19. The van der Waals surface area contributed by atoms with Crippen molar-refractivity contribution < 1.29 is 14.2 Å². The minimum atomic E-state index is -0.0937. The molecule has 4 heteroatoms. The summed E-state index contributed by atoms with van der Waals surface area (Å²) in [6.45, 7) is 0.749. The van der Waals surface area contributed by atoms with Crippen LogP contribution in [-0.4, -0.2) is 30.5 Å². The van der Waals surface area contributed by atoms with Crippen LogP contribution < -0.4 is 10.2 Å². The fraction of sp³-hybridized carbons (Fsp3) is 0.176. The Balaban J connectivity index is 1.78. The van der Waals surface area contributed by atoms with Crippen LogP contribution in [0.3, 0.4) is 0 Å². The molecule has 0 fully saturated rings. The maximum atomic E-state index is 12.1. The molecule has 1 N–H and O–H groups in total. The maximum Gasteiger partial charge on any atom is 0.304 e. The van der Waals surface area contributed by atoms with Gasteiger partial charge in [0.05, 0.1) is 7.11 Å². The molecule has 0 aliphatic carbocycles. The first-order valence-corrected chi connectivity index (χ1v) is 6.91. The van der Waals surface area contributed by atoms with Crippen molar-refractivity contribution in [3.63, 3.8) is 0 Å². The van der Waals surface area contributed by atoms with Crippen LogP contribution in [0.25, 0.3) is 0 Å². The number of hydrazone groups is 1. The molecule has 2 aromatic carbocycles. The van der Waals surface area contributed by atoms with E-state index in [1.54, 1.807) is 19.2 Å². The van der Waals surface area contributed by atoms with Crippen LogP contribution in [0.2, 0.25) is 0 Å². The van der Waals surface area contributed by atoms with Crippen LogP contribution in [0.4, 0.5) is 0 Å². The minimum Gasteiger partial charge on any atom is -0.497 e. The number of carbonyl (C=O) groups is 1. The molecule has 0 saturated heterocycles. The Bertz CT molecular complexity index is 693. The molecule has 2 aromatic rings. The summed E-state index contributed by atoms with van der Waals surface area (Å²) >= 11 is 0. The van der Waals surface area contributed by atoms with Gasteiger partial charge in [0, 0.05) is 17.5 Å². The number of fused-ring (bicyclic) bond motifs is 1. The largest absolute Gasteiger partial charge is 0.497 e. The van der Waals surface area contributed by atoms with E-state index in [1.807, 2.05) is 47.3 Å². The molecular formula is C17H17N2O2+. The predicted molar refractivity (Wildman–Crippen MR) is 80.9 cm³/mol. The Morgan fingerprint density at radius 3 is 2.76 bits per heavy atom. The van der Waals surface area contributed by atoms with Crippen LogP contribution >= 0.6 is 0 Å². The molecular weight excluding hydrogens is 264 g/mol. The van der Waals surface area contributed by atoms with Crippen molar-refractivity contribution >= 4 is 12.1 Å². The van der Waals surface area contributed by atoms with Crippen molar-refractivity contribution in [1.29, 1.82) is 0 Å². The standard InChI is InChI=1S/C17H16N2O2/c1-21-16-8-7-15-12-19(10-9-14(15)11-16)18-17(20)13-5-3-2-4-6-13/h2-8,11-12H,9-10H2,1H3/p+1. The lowest BCUT2D eigenvalue weighted by Gasteiger charge is -2.13. The normalized spacial score (nSPS) is 13.1. The number of hydrogen-bond donors (Lipinski definition) is 1. The average molecular weight is 281 g/mol. The summed E-state index contributed by atoms with van der Waals surface area (Å²) < 4.78 is 7.07. The fourth-order valence-electron chi connectivity index (χ4n) is 2.40. The van der Waals surface area contributed by atoms with Crippen molar-refractivity contribution in [3.05, 3.63) is 65.2 Å². The van der Waals surface area contributed by atoms with Gasteiger partial charge in [-0.15, -0.1) is 10.1 Å². The molecule has 0 saturated carbocycles. The van der Waals surface area contributed by atoms with Gasteiger partial charge in [-0.3, -0.25) is 4.79 Å². The topological polar surface area (TPSA) is 41.3 Å². The third-order valence-electron chi connectivity index (χ3n) is 3.55. The highest BCUT2D eigenvalue weighted by atomic mass is 16.5. The summed E-state index contributed by atoms with van der Waals surface area (Å²) in [5.74, 6) is 0.771. The van der Waals surface area contributed by atoms with Crippen molar-refractivity contribution in [2.24, 2.45) is 0 Å². The second kappa shape index (κ2) is 5.79. The summed E-state index contributed by atoms with van der Waals surface area (Å²) in [7, 11) is 1.67. The summed E-state index contributed by atoms with van der Waals surface area (Å²) in [5, 5.41) is 0. The third kappa shape index (κ3) is 2.94. The minimum absolute atomic E-state index is 0.0937. The zero-order chi connectivity index (χ0) is 14.7. The highest BCUT2D eigenvalue weighted by molar-refractivity contribution is 5.93. The Labute approximate surface area is 123 Å². The molecule has 0 atom stereocenters. The van der Waals surface area contributed by atoms with Crippen molar-refractivity contribution in [3.8, 4) is 5.75 Å². The smallest absolute Gasteiger partial charge is 0.304 e. The number of hydrogen-bond acceptors (Lipinski definition) is 2. The zero-order valence-electron chi connectivity index (χ0n) is 11.9. The molecule has 0 spiro atoms. The van der Waals surface area contributed by atoms with Gasteiger partial charge in [-0.05, 0) is 35.9 Å². The van der Waals surface area contributed by atoms with Gasteiger partial charge in [0.1, 0.15) is 5.75 Å². The summed E-state index contributed by atoms with van der Waals surface area (Å²) in [6.07, 6.45) is 2.83. The second-order valence-corrected chi connectivity index (χ2v) is 4.94. The lowest BCUT2D eigenvalue weighted by Crippen LogP contribution is -2.38. The van der Waals surface area contributed by atoms with Crippen molar-refractivity contribution in [2.45, 2.75) is 6.42 Å². The molecule has 0 radical (unpaired) electrons. The summed E-state index contributed by atoms with van der Waals surface area (Å²) in [6, 6.07) is 15.2. The predicted octanol–water partition coefficient (Wildman–Crippen LogP) is 2.03. The first-order chi connectivity index (χ1) is 10.3. The molecule has 1 amide bonds. The molecule has 3 rings (SSSR count). The first-order valence-electron chi connectivity index (χ1n) is 6.91. The molecule has 1 heterocycles. The van der Waals surface area contributed by atoms with Gasteiger partial charge in [0.25, 0.3) is 0 Å². The van der Waals surface area contributed by atoms with Crippen LogP contribution in [0, 0.1) is 0 Å². The van der Waals surface area contributed by atoms with Crippen molar-refractivity contribution in [1.82, 2.24) is 5.43 Å². The molecule has 1 aliphatic heterocycles. The van der Waals surface area contributed by atoms with E-state index in [0.717, 1.165) is 24.3 Å². The van der Waals surface area contributed by atoms with Gasteiger partial charge in [-0.1, -0.05) is 18.2 Å². The summed E-state index contributed by atoms with van der Waals surface area (Å²) in [4.78, 5) is 12.1. The monoisotopic (exact) mass is 281 g/mol. The third-order valence-corrected chi connectivity index (χ3v) is 3.55. The van der Waals surface area contributed by atoms with Crippen LogP contribution in [0.5, 0.6) is 5.75 Å². The maximum absolute atomic E-state index is 12.1. The van der Waals surface area contributed by atoms with E-state index in [4.69, 9.17) is 4.74 Å². The van der Waals surface area contributed by atoms with E-state index >= 15 is 0 Å². The van der Waals surface area contributed by atoms with Crippen LogP contribution in [0.15, 0.2) is 48.5 Å². The molecule has 0 unspecified atom stereocenters. The van der Waals surface area contributed by atoms with Gasteiger partial charge in [0.2, 0.25) is 6.21 Å². The first kappa shape index (κ1) is 13.4. The summed E-state index contributed by atoms with van der Waals surface area (Å²) in [5.41, 5.74) is 5.91. The number of nitrogens with zero attached hydrogens (tertiary/aromatic N) is 1.